The van der Waals surface area contributed by atoms with Gasteiger partial charge in [0.25, 0.3) is 0 Å². The minimum atomic E-state index is -0.343. The Morgan fingerprint density at radius 3 is 2.46 bits per heavy atom. The zero-order chi connectivity index (χ0) is 17.2. The van der Waals surface area contributed by atoms with Gasteiger partial charge in [-0.1, -0.05) is 58.8 Å². The molecule has 2 rings (SSSR count). The van der Waals surface area contributed by atoms with Crippen molar-refractivity contribution in [2.24, 2.45) is 0 Å². The molecule has 0 aliphatic heterocycles. The van der Waals surface area contributed by atoms with Gasteiger partial charge < -0.3 is 9.15 Å². The second kappa shape index (κ2) is 10.5. The zero-order valence-corrected chi connectivity index (χ0v) is 15.8. The number of nitrogens with zero attached hydrogens (tertiary/aromatic N) is 1. The molecule has 0 N–H and O–H groups in total. The summed E-state index contributed by atoms with van der Waals surface area (Å²) in [5.74, 6) is 0. The number of ether oxygens (including phenoxy) is 1. The van der Waals surface area contributed by atoms with Crippen molar-refractivity contribution in [2.75, 3.05) is 6.61 Å². The third kappa shape index (κ3) is 5.93. The van der Waals surface area contributed by atoms with E-state index in [9.17, 15) is 4.79 Å². The highest BCUT2D eigenvalue weighted by atomic mass is 32.1. The molecule has 0 bridgehead atoms. The summed E-state index contributed by atoms with van der Waals surface area (Å²) in [6.07, 6.45) is 12.4. The quantitative estimate of drug-likeness (QED) is 0.459. The maximum Gasteiger partial charge on any atom is 0.397 e. The Morgan fingerprint density at radius 2 is 1.75 bits per heavy atom. The van der Waals surface area contributed by atoms with Crippen LogP contribution < -0.4 is 10.4 Å². The Balaban J connectivity index is 1.80. The van der Waals surface area contributed by atoms with Gasteiger partial charge in [0.15, 0.2) is 0 Å². The average Bonchev–Trinajstić information content (AvgIpc) is 2.99. The maximum atomic E-state index is 12.0. The molecule has 0 radical (unpaired) electrons. The van der Waals surface area contributed by atoms with E-state index in [0.29, 0.717) is 12.0 Å². The Labute approximate surface area is 148 Å². The fourth-order valence-electron chi connectivity index (χ4n) is 2.71. The van der Waals surface area contributed by atoms with Crippen LogP contribution in [0.25, 0.3) is 10.2 Å². The molecule has 0 aliphatic carbocycles. The van der Waals surface area contributed by atoms with Gasteiger partial charge in [-0.2, -0.15) is 4.98 Å². The van der Waals surface area contributed by atoms with Crippen LogP contribution in [-0.4, -0.2) is 11.6 Å². The first-order valence-electron chi connectivity index (χ1n) is 9.31. The summed E-state index contributed by atoms with van der Waals surface area (Å²) in [6.45, 7) is 4.76. The first-order chi connectivity index (χ1) is 11.7. The normalized spacial score (nSPS) is 11.2. The van der Waals surface area contributed by atoms with Gasteiger partial charge in [0.1, 0.15) is 4.83 Å². The minimum Gasteiger partial charge on any atom is -0.450 e. The van der Waals surface area contributed by atoms with Gasteiger partial charge in [-0.15, -0.1) is 11.3 Å². The number of rotatable bonds is 12. The van der Waals surface area contributed by atoms with Gasteiger partial charge in [-0.3, -0.25) is 0 Å². The third-order valence-electron chi connectivity index (χ3n) is 4.06. The summed E-state index contributed by atoms with van der Waals surface area (Å²) in [4.78, 5) is 18.2. The molecule has 134 valence electrons. The van der Waals surface area contributed by atoms with Crippen molar-refractivity contribution >= 4 is 21.6 Å². The van der Waals surface area contributed by atoms with Gasteiger partial charge in [-0.25, -0.2) is 4.79 Å². The lowest BCUT2D eigenvalue weighted by Crippen LogP contribution is -2.04. The zero-order valence-electron chi connectivity index (χ0n) is 14.9. The fraction of sp³-hybridized carbons (Fsp3) is 0.684. The van der Waals surface area contributed by atoms with Crippen LogP contribution in [0.5, 0.6) is 6.08 Å². The molecule has 24 heavy (non-hydrogen) atoms. The molecule has 0 spiro atoms. The molecule has 0 aromatic carbocycles. The van der Waals surface area contributed by atoms with E-state index in [1.54, 1.807) is 11.3 Å². The topological polar surface area (TPSA) is 52.3 Å². The van der Waals surface area contributed by atoms with Crippen molar-refractivity contribution in [2.45, 2.75) is 78.1 Å². The first kappa shape index (κ1) is 19.0. The van der Waals surface area contributed by atoms with E-state index in [0.717, 1.165) is 17.7 Å². The Hall–Kier alpha value is -1.36. The molecular formula is C19H29NO3S. The van der Waals surface area contributed by atoms with E-state index in [2.05, 4.69) is 11.9 Å². The molecule has 0 unspecified atom stereocenters. The maximum absolute atomic E-state index is 12.0. The van der Waals surface area contributed by atoms with E-state index in [4.69, 9.17) is 9.15 Å². The molecule has 0 amide bonds. The summed E-state index contributed by atoms with van der Waals surface area (Å²) in [5, 5.41) is 0.582. The van der Waals surface area contributed by atoms with Crippen LogP contribution in [0.1, 0.15) is 76.5 Å². The molecule has 4 nitrogen and oxygen atoms in total. The van der Waals surface area contributed by atoms with Crippen molar-refractivity contribution in [3.05, 3.63) is 21.4 Å². The molecule has 0 fully saturated rings. The molecule has 0 saturated heterocycles. The van der Waals surface area contributed by atoms with E-state index in [1.165, 1.54) is 56.2 Å². The summed E-state index contributed by atoms with van der Waals surface area (Å²) >= 11 is 1.58. The highest BCUT2D eigenvalue weighted by molar-refractivity contribution is 7.18. The SMILES string of the molecule is CCCCCCCCCCc1cc2c(=O)oc(OCCC)nc2s1. The number of hydrogen-bond acceptors (Lipinski definition) is 5. The molecular weight excluding hydrogens is 322 g/mol. The van der Waals surface area contributed by atoms with Crippen molar-refractivity contribution in [1.29, 1.82) is 0 Å². The molecule has 5 heteroatoms. The predicted octanol–water partition coefficient (Wildman–Crippen LogP) is 5.72. The van der Waals surface area contributed by atoms with Gasteiger partial charge in [0.2, 0.25) is 0 Å². The van der Waals surface area contributed by atoms with Gasteiger partial charge in [0, 0.05) is 4.88 Å². The van der Waals surface area contributed by atoms with Crippen molar-refractivity contribution < 1.29 is 9.15 Å². The number of unbranched alkanes of at least 4 members (excludes halogenated alkanes) is 7. The summed E-state index contributed by atoms with van der Waals surface area (Å²) in [7, 11) is 0. The highest BCUT2D eigenvalue weighted by Crippen LogP contribution is 2.25. The van der Waals surface area contributed by atoms with Gasteiger partial charge in [-0.05, 0) is 25.3 Å². The number of aryl methyl sites for hydroxylation is 1. The molecule has 0 atom stereocenters. The van der Waals surface area contributed by atoms with Crippen molar-refractivity contribution in [3.63, 3.8) is 0 Å². The number of thiophene rings is 1. The van der Waals surface area contributed by atoms with E-state index < -0.39 is 0 Å². The Morgan fingerprint density at radius 1 is 1.04 bits per heavy atom. The summed E-state index contributed by atoms with van der Waals surface area (Å²) in [5.41, 5.74) is -0.343. The molecule has 2 aromatic heterocycles. The van der Waals surface area contributed by atoms with Crippen LogP contribution in [0, 0.1) is 0 Å². The lowest BCUT2D eigenvalue weighted by atomic mass is 10.1. The highest BCUT2D eigenvalue weighted by Gasteiger charge is 2.11. The monoisotopic (exact) mass is 351 g/mol. The van der Waals surface area contributed by atoms with E-state index in [-0.39, 0.29) is 11.7 Å². The smallest absolute Gasteiger partial charge is 0.397 e. The van der Waals surface area contributed by atoms with Gasteiger partial charge >= 0.3 is 11.7 Å². The Kier molecular flexibility index (Phi) is 8.29. The molecule has 0 aliphatic rings. The molecule has 2 heterocycles. The van der Waals surface area contributed by atoms with Crippen molar-refractivity contribution in [3.8, 4) is 6.08 Å². The van der Waals surface area contributed by atoms with Crippen LogP contribution in [0.15, 0.2) is 15.3 Å². The van der Waals surface area contributed by atoms with Gasteiger partial charge in [0.05, 0.1) is 12.0 Å². The average molecular weight is 352 g/mol. The largest absolute Gasteiger partial charge is 0.450 e. The number of hydrogen-bond donors (Lipinski definition) is 0. The second-order valence-electron chi connectivity index (χ2n) is 6.27. The third-order valence-corrected chi connectivity index (χ3v) is 5.15. The van der Waals surface area contributed by atoms with Crippen LogP contribution in [0.2, 0.25) is 0 Å². The van der Waals surface area contributed by atoms with Crippen LogP contribution >= 0.6 is 11.3 Å². The predicted molar refractivity (Wildman–Crippen MR) is 100 cm³/mol. The molecule has 0 saturated carbocycles. The van der Waals surface area contributed by atoms with Crippen molar-refractivity contribution in [1.82, 2.24) is 4.98 Å². The van der Waals surface area contributed by atoms with E-state index in [1.807, 2.05) is 13.0 Å². The summed E-state index contributed by atoms with van der Waals surface area (Å²) < 4.78 is 10.4. The Bertz CT molecular complexity index is 662. The lowest BCUT2D eigenvalue weighted by molar-refractivity contribution is 0.217. The van der Waals surface area contributed by atoms with E-state index >= 15 is 0 Å². The fourth-order valence-corrected chi connectivity index (χ4v) is 3.75. The van der Waals surface area contributed by atoms with Crippen LogP contribution in [0.4, 0.5) is 0 Å². The lowest BCUT2D eigenvalue weighted by Gasteiger charge is -2.00. The molecule has 2 aromatic rings. The second-order valence-corrected chi connectivity index (χ2v) is 7.39. The standard InChI is InChI=1S/C19H29NO3S/c1-3-5-6-7-8-9-10-11-12-15-14-16-17(24-15)20-19(22-13-4-2)23-18(16)21/h14H,3-13H2,1-2H3. The number of fused-ring (bicyclic) bond motifs is 1. The van der Waals surface area contributed by atoms with Crippen LogP contribution in [-0.2, 0) is 6.42 Å². The minimum absolute atomic E-state index is 0.0924. The summed E-state index contributed by atoms with van der Waals surface area (Å²) in [6, 6.07) is 1.93. The first-order valence-corrected chi connectivity index (χ1v) is 10.1. The number of aromatic nitrogens is 1. The van der Waals surface area contributed by atoms with Crippen LogP contribution in [0.3, 0.4) is 0 Å².